The lowest BCUT2D eigenvalue weighted by Gasteiger charge is -2.15. The van der Waals surface area contributed by atoms with Gasteiger partial charge >= 0.3 is 11.9 Å². The van der Waals surface area contributed by atoms with Crippen molar-refractivity contribution >= 4 is 11.9 Å². The number of carbonyl (C=O) groups excluding carboxylic acids is 2. The van der Waals surface area contributed by atoms with Crippen molar-refractivity contribution in [1.29, 1.82) is 0 Å². The fourth-order valence-corrected chi connectivity index (χ4v) is 6.74. The van der Waals surface area contributed by atoms with Crippen LogP contribution in [0.4, 0.5) is 0 Å². The van der Waals surface area contributed by atoms with Crippen molar-refractivity contribution in [3.8, 4) is 0 Å². The van der Waals surface area contributed by atoms with Gasteiger partial charge in [-0.2, -0.15) is 0 Å². The fraction of sp³-hybridized carbons (Fsp3) is 0.649. The lowest BCUT2D eigenvalue weighted by atomic mass is 10.1. The molecule has 1 unspecified atom stereocenters. The van der Waals surface area contributed by atoms with Gasteiger partial charge in [0.25, 0.3) is 0 Å². The molecular formula is C57H94O5. The van der Waals surface area contributed by atoms with E-state index in [1.807, 2.05) is 0 Å². The van der Waals surface area contributed by atoms with Crippen LogP contribution in [0.5, 0.6) is 0 Å². The van der Waals surface area contributed by atoms with Gasteiger partial charge < -0.3 is 14.6 Å². The number of ether oxygens (including phenoxy) is 2. The third kappa shape index (κ3) is 49.2. The quantitative estimate of drug-likeness (QED) is 0.0375. The molecule has 5 nitrogen and oxygen atoms in total. The topological polar surface area (TPSA) is 72.8 Å². The van der Waals surface area contributed by atoms with Gasteiger partial charge in [-0.05, 0) is 103 Å². The molecule has 1 atom stereocenters. The first-order valence-corrected chi connectivity index (χ1v) is 25.4. The molecule has 0 aromatic carbocycles. The maximum absolute atomic E-state index is 12.3. The fourth-order valence-electron chi connectivity index (χ4n) is 6.74. The van der Waals surface area contributed by atoms with Gasteiger partial charge in [-0.15, -0.1) is 0 Å². The van der Waals surface area contributed by atoms with E-state index >= 15 is 0 Å². The van der Waals surface area contributed by atoms with Crippen molar-refractivity contribution in [2.24, 2.45) is 0 Å². The zero-order valence-corrected chi connectivity index (χ0v) is 40.1. The summed E-state index contributed by atoms with van der Waals surface area (Å²) in [5.41, 5.74) is 0. The predicted molar refractivity (Wildman–Crippen MR) is 269 cm³/mol. The molecule has 0 bridgehead atoms. The van der Waals surface area contributed by atoms with Crippen molar-refractivity contribution in [2.45, 2.75) is 225 Å². The van der Waals surface area contributed by atoms with E-state index in [1.165, 1.54) is 89.9 Å². The molecular weight excluding hydrogens is 765 g/mol. The van der Waals surface area contributed by atoms with Crippen molar-refractivity contribution in [3.05, 3.63) is 109 Å². The van der Waals surface area contributed by atoms with Gasteiger partial charge in [0.1, 0.15) is 6.61 Å². The summed E-state index contributed by atoms with van der Waals surface area (Å²) in [5.74, 6) is -0.622. The minimum Gasteiger partial charge on any atom is -0.462 e. The summed E-state index contributed by atoms with van der Waals surface area (Å²) in [6.07, 6.45) is 74.5. The van der Waals surface area contributed by atoms with E-state index in [0.29, 0.717) is 12.8 Å². The molecule has 0 spiro atoms. The number of esters is 2. The van der Waals surface area contributed by atoms with E-state index in [-0.39, 0.29) is 25.2 Å². The van der Waals surface area contributed by atoms with Gasteiger partial charge in [0.2, 0.25) is 0 Å². The molecule has 0 heterocycles. The maximum atomic E-state index is 12.3. The van der Waals surface area contributed by atoms with Crippen LogP contribution < -0.4 is 0 Å². The van der Waals surface area contributed by atoms with Crippen molar-refractivity contribution in [2.75, 3.05) is 13.2 Å². The number of rotatable bonds is 45. The van der Waals surface area contributed by atoms with E-state index in [4.69, 9.17) is 9.47 Å². The Hall–Kier alpha value is -3.44. The molecule has 0 saturated heterocycles. The SMILES string of the molecule is CC/C=C\C/C=C\C/C=C\C/C=C\C/C=C\C/C=C\CCCCCCCCC(=O)OC(CO)COC(=O)CCCCCCCCCC/C=C\C/C=C\C/C=C\CCCCCCC. The standard InChI is InChI=1S/C57H94O5/c1-3-5-7-9-11-13-15-17-19-21-23-25-27-28-30-32-34-36-38-40-42-44-46-48-50-52-57(60)62-55(53-58)54-61-56(59)51-49-47-45-43-41-39-37-35-33-31-29-26-24-22-20-18-16-14-12-10-8-6-4-2/h5,7,11,13,16-19,22-25,28-31,34,36,55,58H,3-4,6,8-10,12,14-15,20-21,26-27,32-33,35,37-54H2,1-2H3/b7-5-,13-11-,18-16-,19-17-,24-22-,25-23-,30-28-,31-29-,36-34-. The number of aliphatic hydroxyl groups is 1. The van der Waals surface area contributed by atoms with Gasteiger partial charge in [-0.25, -0.2) is 0 Å². The Bertz CT molecular complexity index is 1250. The molecule has 352 valence electrons. The third-order valence-electron chi connectivity index (χ3n) is 10.6. The van der Waals surface area contributed by atoms with Crippen LogP contribution in [0.25, 0.3) is 0 Å². The largest absolute Gasteiger partial charge is 0.462 e. The van der Waals surface area contributed by atoms with Crippen LogP contribution in [-0.4, -0.2) is 36.4 Å². The molecule has 1 N–H and O–H groups in total. The zero-order valence-electron chi connectivity index (χ0n) is 40.1. The Labute approximate surface area is 382 Å². The minimum absolute atomic E-state index is 0.0827. The number of carbonyl (C=O) groups is 2. The number of unbranched alkanes of at least 4 members (excludes halogenated alkanes) is 19. The normalized spacial score (nSPS) is 13.1. The molecule has 0 fully saturated rings. The predicted octanol–water partition coefficient (Wildman–Crippen LogP) is 17.0. The third-order valence-corrected chi connectivity index (χ3v) is 10.6. The zero-order chi connectivity index (χ0) is 44.9. The van der Waals surface area contributed by atoms with Gasteiger partial charge in [0, 0.05) is 12.8 Å². The van der Waals surface area contributed by atoms with Gasteiger partial charge in [-0.1, -0.05) is 213 Å². The summed E-state index contributed by atoms with van der Waals surface area (Å²) in [6.45, 7) is 3.99. The Morgan fingerprint density at radius 1 is 0.387 bits per heavy atom. The molecule has 0 aromatic rings. The number of hydrogen-bond acceptors (Lipinski definition) is 5. The summed E-state index contributed by atoms with van der Waals surface area (Å²) < 4.78 is 10.7. The highest BCUT2D eigenvalue weighted by molar-refractivity contribution is 5.70. The second-order valence-corrected chi connectivity index (χ2v) is 16.5. The number of hydrogen-bond donors (Lipinski definition) is 1. The minimum atomic E-state index is -0.792. The van der Waals surface area contributed by atoms with Crippen molar-refractivity contribution in [3.63, 3.8) is 0 Å². The van der Waals surface area contributed by atoms with Crippen LogP contribution in [0, 0.1) is 0 Å². The van der Waals surface area contributed by atoms with Gasteiger partial charge in [-0.3, -0.25) is 9.59 Å². The number of aliphatic hydroxyl groups excluding tert-OH is 1. The molecule has 0 saturated carbocycles. The smallest absolute Gasteiger partial charge is 0.306 e. The maximum Gasteiger partial charge on any atom is 0.306 e. The van der Waals surface area contributed by atoms with Crippen LogP contribution in [0.2, 0.25) is 0 Å². The van der Waals surface area contributed by atoms with E-state index < -0.39 is 6.10 Å². The van der Waals surface area contributed by atoms with Crippen LogP contribution >= 0.6 is 0 Å². The molecule has 0 radical (unpaired) electrons. The Morgan fingerprint density at radius 2 is 0.694 bits per heavy atom. The summed E-state index contributed by atoms with van der Waals surface area (Å²) in [4.78, 5) is 24.5. The van der Waals surface area contributed by atoms with Crippen molar-refractivity contribution < 1.29 is 24.2 Å². The number of allylic oxidation sites excluding steroid dienone is 18. The van der Waals surface area contributed by atoms with E-state index in [0.717, 1.165) is 103 Å². The van der Waals surface area contributed by atoms with Crippen LogP contribution in [0.15, 0.2) is 109 Å². The first-order valence-electron chi connectivity index (χ1n) is 25.4. The lowest BCUT2D eigenvalue weighted by Crippen LogP contribution is -2.28. The summed E-state index contributed by atoms with van der Waals surface area (Å²) in [5, 5.41) is 9.63. The van der Waals surface area contributed by atoms with E-state index in [9.17, 15) is 14.7 Å². The van der Waals surface area contributed by atoms with Crippen LogP contribution in [0.3, 0.4) is 0 Å². The Kier molecular flexibility index (Phi) is 49.0. The second-order valence-electron chi connectivity index (χ2n) is 16.5. The highest BCUT2D eigenvalue weighted by Gasteiger charge is 2.16. The Balaban J connectivity index is 3.61. The van der Waals surface area contributed by atoms with Crippen molar-refractivity contribution in [1.82, 2.24) is 0 Å². The first kappa shape index (κ1) is 58.6. The summed E-state index contributed by atoms with van der Waals surface area (Å²) in [6, 6.07) is 0. The molecule has 5 heteroatoms. The molecule has 0 aliphatic rings. The summed E-state index contributed by atoms with van der Waals surface area (Å²) in [7, 11) is 0. The molecule has 0 aliphatic heterocycles. The molecule has 0 amide bonds. The highest BCUT2D eigenvalue weighted by atomic mass is 16.6. The van der Waals surface area contributed by atoms with Gasteiger partial charge in [0.05, 0.1) is 6.61 Å². The summed E-state index contributed by atoms with van der Waals surface area (Å²) >= 11 is 0. The monoisotopic (exact) mass is 859 g/mol. The van der Waals surface area contributed by atoms with Gasteiger partial charge in [0.15, 0.2) is 6.10 Å². The average molecular weight is 859 g/mol. The van der Waals surface area contributed by atoms with Crippen LogP contribution in [0.1, 0.15) is 219 Å². The average Bonchev–Trinajstić information content (AvgIpc) is 3.28. The molecule has 0 rings (SSSR count). The van der Waals surface area contributed by atoms with E-state index in [2.05, 4.69) is 123 Å². The highest BCUT2D eigenvalue weighted by Crippen LogP contribution is 2.13. The van der Waals surface area contributed by atoms with E-state index in [1.54, 1.807) is 0 Å². The molecule has 62 heavy (non-hydrogen) atoms. The van der Waals surface area contributed by atoms with Crippen LogP contribution in [-0.2, 0) is 19.1 Å². The lowest BCUT2D eigenvalue weighted by molar-refractivity contribution is -0.161. The first-order chi connectivity index (χ1) is 30.6. The second kappa shape index (κ2) is 51.9. The Morgan fingerprint density at radius 3 is 1.05 bits per heavy atom. The molecule has 0 aromatic heterocycles. The molecule has 0 aliphatic carbocycles.